The number of fused-ring (bicyclic) bond motifs is 1. The quantitative estimate of drug-likeness (QED) is 0.804. The second-order valence-electron chi connectivity index (χ2n) is 4.48. The Kier molecular flexibility index (Phi) is 3.22. The molecule has 0 bridgehead atoms. The third-order valence-electron chi connectivity index (χ3n) is 3.04. The van der Waals surface area contributed by atoms with E-state index in [2.05, 4.69) is 25.9 Å². The summed E-state index contributed by atoms with van der Waals surface area (Å²) in [5.41, 5.74) is 1.24. The maximum absolute atomic E-state index is 11.8. The van der Waals surface area contributed by atoms with E-state index in [1.54, 1.807) is 25.2 Å². The molecule has 1 aromatic carbocycles. The number of hydrogen-bond donors (Lipinski definition) is 2. The number of H-pyrrole nitrogens is 1. The topological polar surface area (TPSA) is 113 Å². The molecule has 0 spiro atoms. The van der Waals surface area contributed by atoms with Crippen LogP contribution in [0.1, 0.15) is 5.82 Å². The number of likely N-dealkylation sites (N-methyl/N-ethyl adjacent to an activating group) is 1. The fourth-order valence-electron chi connectivity index (χ4n) is 1.96. The first-order chi connectivity index (χ1) is 10.1. The van der Waals surface area contributed by atoms with Gasteiger partial charge in [-0.05, 0) is 12.1 Å². The molecule has 3 rings (SSSR count). The van der Waals surface area contributed by atoms with Crippen molar-refractivity contribution in [1.82, 2.24) is 20.6 Å². The number of carbonyl (C=O) groups is 2. The Morgan fingerprint density at radius 2 is 2.38 bits per heavy atom. The number of aromatic nitrogens is 4. The van der Waals surface area contributed by atoms with Crippen molar-refractivity contribution in [1.29, 1.82) is 0 Å². The molecule has 1 aliphatic heterocycles. The molecular formula is C12H12N6O3. The SMILES string of the molecule is CN1C(=O)COc2cc(NC(=O)Cc3nn[nH]n3)ccc21. The van der Waals surface area contributed by atoms with Crippen LogP contribution in [0.4, 0.5) is 11.4 Å². The van der Waals surface area contributed by atoms with E-state index in [1.807, 2.05) is 0 Å². The van der Waals surface area contributed by atoms with E-state index < -0.39 is 0 Å². The summed E-state index contributed by atoms with van der Waals surface area (Å²) in [4.78, 5) is 24.8. The van der Waals surface area contributed by atoms with Crippen LogP contribution in [-0.4, -0.2) is 46.1 Å². The summed E-state index contributed by atoms with van der Waals surface area (Å²) in [7, 11) is 1.68. The van der Waals surface area contributed by atoms with E-state index in [0.717, 1.165) is 0 Å². The van der Waals surface area contributed by atoms with E-state index >= 15 is 0 Å². The molecule has 0 radical (unpaired) electrons. The fourth-order valence-corrected chi connectivity index (χ4v) is 1.96. The van der Waals surface area contributed by atoms with Crippen molar-refractivity contribution >= 4 is 23.2 Å². The number of hydrogen-bond acceptors (Lipinski definition) is 6. The third kappa shape index (κ3) is 2.66. The Bertz CT molecular complexity index is 684. The number of carbonyl (C=O) groups excluding carboxylic acids is 2. The van der Waals surface area contributed by atoms with E-state index in [-0.39, 0.29) is 24.8 Å². The van der Waals surface area contributed by atoms with Crippen LogP contribution in [0.5, 0.6) is 5.75 Å². The number of nitrogens with one attached hydrogen (secondary N) is 2. The highest BCUT2D eigenvalue weighted by atomic mass is 16.5. The minimum absolute atomic E-state index is 0.0102. The van der Waals surface area contributed by atoms with Crippen LogP contribution in [0.2, 0.25) is 0 Å². The zero-order chi connectivity index (χ0) is 14.8. The van der Waals surface area contributed by atoms with Crippen molar-refractivity contribution in [2.24, 2.45) is 0 Å². The van der Waals surface area contributed by atoms with Crippen molar-refractivity contribution in [2.45, 2.75) is 6.42 Å². The number of rotatable bonds is 3. The van der Waals surface area contributed by atoms with E-state index in [1.165, 1.54) is 4.90 Å². The molecular weight excluding hydrogens is 276 g/mol. The summed E-state index contributed by atoms with van der Waals surface area (Å²) >= 11 is 0. The van der Waals surface area contributed by atoms with Crippen LogP contribution in [-0.2, 0) is 16.0 Å². The number of benzene rings is 1. The van der Waals surface area contributed by atoms with Crippen molar-refractivity contribution in [2.75, 3.05) is 23.9 Å². The third-order valence-corrected chi connectivity index (χ3v) is 3.04. The highest BCUT2D eigenvalue weighted by Gasteiger charge is 2.22. The number of tetrazole rings is 1. The first kappa shape index (κ1) is 13.0. The Hall–Kier alpha value is -2.97. The lowest BCUT2D eigenvalue weighted by Gasteiger charge is -2.26. The standard InChI is InChI=1S/C12H12N6O3/c1-18-8-3-2-7(4-9(8)21-6-12(18)20)13-11(19)5-10-14-16-17-15-10/h2-4H,5-6H2,1H3,(H,13,19)(H,14,15,16,17). The van der Waals surface area contributed by atoms with E-state index in [9.17, 15) is 9.59 Å². The van der Waals surface area contributed by atoms with Crippen molar-refractivity contribution in [3.05, 3.63) is 24.0 Å². The van der Waals surface area contributed by atoms with E-state index in [4.69, 9.17) is 4.74 Å². The molecule has 1 aliphatic rings. The molecule has 21 heavy (non-hydrogen) atoms. The Morgan fingerprint density at radius 1 is 1.52 bits per heavy atom. The molecule has 0 aliphatic carbocycles. The summed E-state index contributed by atoms with van der Waals surface area (Å²) in [6.45, 7) is -0.0102. The van der Waals surface area contributed by atoms with Crippen LogP contribution in [0.15, 0.2) is 18.2 Å². The van der Waals surface area contributed by atoms with Gasteiger partial charge in [-0.25, -0.2) is 0 Å². The van der Waals surface area contributed by atoms with Gasteiger partial charge in [0, 0.05) is 18.8 Å². The summed E-state index contributed by atoms with van der Waals surface area (Å²) in [6.07, 6.45) is 0.0207. The lowest BCUT2D eigenvalue weighted by atomic mass is 10.2. The number of nitrogens with zero attached hydrogens (tertiary/aromatic N) is 4. The second-order valence-corrected chi connectivity index (χ2v) is 4.48. The van der Waals surface area contributed by atoms with Crippen molar-refractivity contribution in [3.63, 3.8) is 0 Å². The fraction of sp³-hybridized carbons (Fsp3) is 0.250. The minimum atomic E-state index is -0.267. The molecule has 0 fully saturated rings. The highest BCUT2D eigenvalue weighted by molar-refractivity contribution is 5.98. The molecule has 0 unspecified atom stereocenters. The molecule has 2 aromatic rings. The van der Waals surface area contributed by atoms with Crippen LogP contribution in [0.3, 0.4) is 0 Å². The largest absolute Gasteiger partial charge is 0.481 e. The van der Waals surface area contributed by atoms with Gasteiger partial charge in [0.05, 0.1) is 12.1 Å². The van der Waals surface area contributed by atoms with Crippen LogP contribution >= 0.6 is 0 Å². The minimum Gasteiger partial charge on any atom is -0.481 e. The highest BCUT2D eigenvalue weighted by Crippen LogP contribution is 2.33. The summed E-state index contributed by atoms with van der Waals surface area (Å²) < 4.78 is 5.35. The Balaban J connectivity index is 1.72. The molecule has 2 amide bonds. The molecule has 0 saturated heterocycles. The molecule has 2 heterocycles. The number of anilines is 2. The normalized spacial score (nSPS) is 13.6. The van der Waals surface area contributed by atoms with Gasteiger partial charge in [-0.1, -0.05) is 5.21 Å². The van der Waals surface area contributed by atoms with Gasteiger partial charge in [0.15, 0.2) is 12.4 Å². The Morgan fingerprint density at radius 3 is 3.14 bits per heavy atom. The van der Waals surface area contributed by atoms with Crippen LogP contribution in [0.25, 0.3) is 0 Å². The summed E-state index contributed by atoms with van der Waals surface area (Å²) in [5.74, 6) is 0.481. The van der Waals surface area contributed by atoms with Gasteiger partial charge in [-0.3, -0.25) is 9.59 Å². The van der Waals surface area contributed by atoms with E-state index in [0.29, 0.717) is 22.9 Å². The monoisotopic (exact) mass is 288 g/mol. The predicted molar refractivity (Wildman–Crippen MR) is 71.9 cm³/mol. The molecule has 0 atom stereocenters. The molecule has 9 heteroatoms. The maximum Gasteiger partial charge on any atom is 0.264 e. The average molecular weight is 288 g/mol. The van der Waals surface area contributed by atoms with Gasteiger partial charge < -0.3 is 15.0 Å². The Labute approximate surface area is 119 Å². The maximum atomic E-state index is 11.8. The summed E-state index contributed by atoms with van der Waals surface area (Å²) in [5, 5.41) is 15.8. The zero-order valence-corrected chi connectivity index (χ0v) is 11.2. The molecule has 9 nitrogen and oxygen atoms in total. The smallest absolute Gasteiger partial charge is 0.264 e. The van der Waals surface area contributed by atoms with Crippen LogP contribution < -0.4 is 15.0 Å². The molecule has 108 valence electrons. The number of aromatic amines is 1. The van der Waals surface area contributed by atoms with Gasteiger partial charge in [0.2, 0.25) is 5.91 Å². The number of ether oxygens (including phenoxy) is 1. The second kappa shape index (κ2) is 5.19. The number of amides is 2. The van der Waals surface area contributed by atoms with Crippen LogP contribution in [0, 0.1) is 0 Å². The molecule has 1 aromatic heterocycles. The molecule has 0 saturated carbocycles. The lowest BCUT2D eigenvalue weighted by molar-refractivity contribution is -0.121. The lowest BCUT2D eigenvalue weighted by Crippen LogP contribution is -2.35. The zero-order valence-electron chi connectivity index (χ0n) is 11.2. The average Bonchev–Trinajstić information content (AvgIpc) is 2.96. The van der Waals surface area contributed by atoms with Gasteiger partial charge in [-0.2, -0.15) is 5.21 Å². The first-order valence-electron chi connectivity index (χ1n) is 6.19. The van der Waals surface area contributed by atoms with Gasteiger partial charge in [0.25, 0.3) is 5.91 Å². The van der Waals surface area contributed by atoms with Crippen molar-refractivity contribution in [3.8, 4) is 5.75 Å². The summed E-state index contributed by atoms with van der Waals surface area (Å²) in [6, 6.07) is 5.09. The molecule has 2 N–H and O–H groups in total. The predicted octanol–water partition coefficient (Wildman–Crippen LogP) is -0.264. The van der Waals surface area contributed by atoms with Crippen molar-refractivity contribution < 1.29 is 14.3 Å². The van der Waals surface area contributed by atoms with Gasteiger partial charge in [-0.15, -0.1) is 10.2 Å². The van der Waals surface area contributed by atoms with Gasteiger partial charge >= 0.3 is 0 Å². The first-order valence-corrected chi connectivity index (χ1v) is 6.19. The van der Waals surface area contributed by atoms with Gasteiger partial charge in [0.1, 0.15) is 5.75 Å².